The molecule has 4 rings (SSSR count). The molecule has 136 valence electrons. The second kappa shape index (κ2) is 6.64. The van der Waals surface area contributed by atoms with E-state index < -0.39 is 5.97 Å². The third-order valence-corrected chi connectivity index (χ3v) is 4.17. The van der Waals surface area contributed by atoms with Crippen molar-refractivity contribution in [2.75, 3.05) is 0 Å². The summed E-state index contributed by atoms with van der Waals surface area (Å²) in [6, 6.07) is 11.5. The average Bonchev–Trinajstić information content (AvgIpc) is 3.24. The molecule has 4 aromatic rings. The Morgan fingerprint density at radius 1 is 1.04 bits per heavy atom. The molecule has 3 aromatic heterocycles. The zero-order valence-corrected chi connectivity index (χ0v) is 15.2. The highest BCUT2D eigenvalue weighted by Gasteiger charge is 2.16. The number of hydrogen-bond donors (Lipinski definition) is 0. The molecule has 3 heterocycles. The van der Waals surface area contributed by atoms with Crippen molar-refractivity contribution in [3.05, 3.63) is 71.1 Å². The predicted molar refractivity (Wildman–Crippen MR) is 97.7 cm³/mol. The highest BCUT2D eigenvalue weighted by molar-refractivity contribution is 5.85. The normalized spacial score (nSPS) is 11.1. The highest BCUT2D eigenvalue weighted by Crippen LogP contribution is 2.14. The number of carbonyl (C=O) groups is 1. The van der Waals surface area contributed by atoms with E-state index in [0.717, 1.165) is 28.3 Å². The monoisotopic (exact) mass is 362 g/mol. The fraction of sp³-hybridized carbons (Fsp3) is 0.211. The van der Waals surface area contributed by atoms with E-state index in [1.54, 1.807) is 12.3 Å². The van der Waals surface area contributed by atoms with Crippen molar-refractivity contribution in [3.63, 3.8) is 0 Å². The van der Waals surface area contributed by atoms with Gasteiger partial charge in [-0.3, -0.25) is 0 Å². The fourth-order valence-corrected chi connectivity index (χ4v) is 2.83. The Kier molecular flexibility index (Phi) is 4.15. The van der Waals surface area contributed by atoms with Crippen molar-refractivity contribution in [2.45, 2.75) is 27.4 Å². The fourth-order valence-electron chi connectivity index (χ4n) is 2.83. The maximum Gasteiger partial charge on any atom is 0.378 e. The number of esters is 1. The van der Waals surface area contributed by atoms with Crippen LogP contribution < -0.4 is 0 Å². The Labute approximate surface area is 155 Å². The third kappa shape index (κ3) is 3.29. The molecule has 8 heteroatoms. The summed E-state index contributed by atoms with van der Waals surface area (Å²) >= 11 is 0. The van der Waals surface area contributed by atoms with Gasteiger partial charge in [0.2, 0.25) is 0 Å². The third-order valence-electron chi connectivity index (χ3n) is 4.17. The standard InChI is InChI=1S/C19H18N6O2/c1-12-10-14(3)24(22-12)16-6-4-15(5-7-16)11-27-18(26)17-21-19-20-9-8-13(2)25(19)23-17/h4-10H,11H2,1-3H3. The lowest BCUT2D eigenvalue weighted by atomic mass is 10.2. The van der Waals surface area contributed by atoms with Crippen LogP contribution in [0.4, 0.5) is 0 Å². The first-order chi connectivity index (χ1) is 13.0. The predicted octanol–water partition coefficient (Wildman–Crippen LogP) is 2.59. The number of aryl methyl sites for hydroxylation is 3. The average molecular weight is 362 g/mol. The molecule has 0 fully saturated rings. The van der Waals surface area contributed by atoms with Gasteiger partial charge in [-0.1, -0.05) is 12.1 Å². The van der Waals surface area contributed by atoms with Crippen molar-refractivity contribution < 1.29 is 9.53 Å². The van der Waals surface area contributed by atoms with Crippen molar-refractivity contribution in [3.8, 4) is 5.69 Å². The maximum atomic E-state index is 12.2. The summed E-state index contributed by atoms with van der Waals surface area (Å²) < 4.78 is 8.72. The van der Waals surface area contributed by atoms with Crippen LogP contribution in [0.2, 0.25) is 0 Å². The second-order valence-electron chi connectivity index (χ2n) is 6.31. The Bertz CT molecular complexity index is 1130. The molecule has 8 nitrogen and oxygen atoms in total. The lowest BCUT2D eigenvalue weighted by Gasteiger charge is -2.06. The van der Waals surface area contributed by atoms with Gasteiger partial charge in [0.05, 0.1) is 11.4 Å². The summed E-state index contributed by atoms with van der Waals surface area (Å²) in [4.78, 5) is 20.4. The molecular weight excluding hydrogens is 344 g/mol. The molecule has 0 saturated carbocycles. The first-order valence-corrected chi connectivity index (χ1v) is 8.49. The van der Waals surface area contributed by atoms with Gasteiger partial charge < -0.3 is 4.74 Å². The summed E-state index contributed by atoms with van der Waals surface area (Å²) in [6.07, 6.45) is 1.62. The van der Waals surface area contributed by atoms with Gasteiger partial charge in [0.1, 0.15) is 6.61 Å². The number of ether oxygens (including phenoxy) is 1. The van der Waals surface area contributed by atoms with Crippen LogP contribution in [0.15, 0.2) is 42.6 Å². The molecule has 0 radical (unpaired) electrons. The molecule has 0 aliphatic carbocycles. The van der Waals surface area contributed by atoms with Gasteiger partial charge in [0, 0.05) is 17.6 Å². The van der Waals surface area contributed by atoms with E-state index in [1.165, 1.54) is 4.52 Å². The highest BCUT2D eigenvalue weighted by atomic mass is 16.5. The van der Waals surface area contributed by atoms with Crippen LogP contribution in [0.5, 0.6) is 0 Å². The van der Waals surface area contributed by atoms with E-state index in [1.807, 2.05) is 55.8 Å². The van der Waals surface area contributed by atoms with Crippen molar-refractivity contribution in [2.24, 2.45) is 0 Å². The van der Waals surface area contributed by atoms with Gasteiger partial charge in [-0.25, -0.2) is 19.0 Å². The summed E-state index contributed by atoms with van der Waals surface area (Å²) in [5, 5.41) is 8.61. The van der Waals surface area contributed by atoms with Crippen LogP contribution in [0.25, 0.3) is 11.5 Å². The molecule has 0 saturated heterocycles. The topological polar surface area (TPSA) is 87.2 Å². The lowest BCUT2D eigenvalue weighted by Crippen LogP contribution is -2.08. The van der Waals surface area contributed by atoms with Crippen LogP contribution >= 0.6 is 0 Å². The van der Waals surface area contributed by atoms with Crippen molar-refractivity contribution in [1.29, 1.82) is 0 Å². The molecular formula is C19H18N6O2. The molecule has 0 amide bonds. The Morgan fingerprint density at radius 3 is 2.48 bits per heavy atom. The van der Waals surface area contributed by atoms with Gasteiger partial charge in [-0.05, 0) is 50.6 Å². The quantitative estimate of drug-likeness (QED) is 0.519. The Hall–Kier alpha value is -3.55. The number of benzene rings is 1. The molecule has 0 spiro atoms. The van der Waals surface area contributed by atoms with Crippen LogP contribution in [0, 0.1) is 20.8 Å². The SMILES string of the molecule is Cc1cc(C)n(-c2ccc(COC(=O)c3nc4nccc(C)n4n3)cc2)n1. The molecule has 1 aromatic carbocycles. The molecule has 27 heavy (non-hydrogen) atoms. The van der Waals surface area contributed by atoms with E-state index in [-0.39, 0.29) is 12.4 Å². The summed E-state index contributed by atoms with van der Waals surface area (Å²) in [5.41, 5.74) is 4.70. The number of fused-ring (bicyclic) bond motifs is 1. The number of nitrogens with zero attached hydrogens (tertiary/aromatic N) is 6. The van der Waals surface area contributed by atoms with E-state index in [4.69, 9.17) is 4.74 Å². The smallest absolute Gasteiger partial charge is 0.378 e. The van der Waals surface area contributed by atoms with Crippen LogP contribution in [0.1, 0.15) is 33.3 Å². The zero-order valence-electron chi connectivity index (χ0n) is 15.2. The first kappa shape index (κ1) is 16.9. The Balaban J connectivity index is 1.45. The maximum absolute atomic E-state index is 12.2. The number of carbonyl (C=O) groups excluding carboxylic acids is 1. The van der Waals surface area contributed by atoms with Crippen molar-refractivity contribution in [1.82, 2.24) is 29.4 Å². The minimum atomic E-state index is -0.581. The second-order valence-corrected chi connectivity index (χ2v) is 6.31. The summed E-state index contributed by atoms with van der Waals surface area (Å²) in [6.45, 7) is 5.97. The van der Waals surface area contributed by atoms with Gasteiger partial charge in [0.15, 0.2) is 0 Å². The summed E-state index contributed by atoms with van der Waals surface area (Å²) in [5.74, 6) is -0.213. The summed E-state index contributed by atoms with van der Waals surface area (Å²) in [7, 11) is 0. The minimum Gasteiger partial charge on any atom is -0.455 e. The van der Waals surface area contributed by atoms with E-state index in [2.05, 4.69) is 20.2 Å². The number of aromatic nitrogens is 6. The van der Waals surface area contributed by atoms with Gasteiger partial charge in [0.25, 0.3) is 11.6 Å². The van der Waals surface area contributed by atoms with Crippen LogP contribution in [-0.4, -0.2) is 35.3 Å². The van der Waals surface area contributed by atoms with E-state index in [0.29, 0.717) is 5.78 Å². The molecule has 0 aliphatic heterocycles. The molecule has 0 aliphatic rings. The zero-order chi connectivity index (χ0) is 19.0. The molecule has 0 atom stereocenters. The largest absolute Gasteiger partial charge is 0.455 e. The van der Waals surface area contributed by atoms with E-state index in [9.17, 15) is 4.79 Å². The first-order valence-electron chi connectivity index (χ1n) is 8.49. The molecule has 0 unspecified atom stereocenters. The Morgan fingerprint density at radius 2 is 1.81 bits per heavy atom. The number of hydrogen-bond acceptors (Lipinski definition) is 6. The van der Waals surface area contributed by atoms with Gasteiger partial charge in [-0.15, -0.1) is 5.10 Å². The van der Waals surface area contributed by atoms with Gasteiger partial charge >= 0.3 is 5.97 Å². The minimum absolute atomic E-state index is 0.00365. The van der Waals surface area contributed by atoms with Crippen LogP contribution in [0.3, 0.4) is 0 Å². The molecule has 0 N–H and O–H groups in total. The lowest BCUT2D eigenvalue weighted by molar-refractivity contribution is 0.0458. The van der Waals surface area contributed by atoms with E-state index >= 15 is 0 Å². The molecule has 0 bridgehead atoms. The number of rotatable bonds is 4. The van der Waals surface area contributed by atoms with Crippen LogP contribution in [-0.2, 0) is 11.3 Å². The van der Waals surface area contributed by atoms with Crippen molar-refractivity contribution >= 4 is 11.7 Å². The van der Waals surface area contributed by atoms with Gasteiger partial charge in [-0.2, -0.15) is 10.1 Å².